The normalized spacial score (nSPS) is 16.6. The summed E-state index contributed by atoms with van der Waals surface area (Å²) in [6.45, 7) is 10.7. The van der Waals surface area contributed by atoms with Crippen molar-refractivity contribution in [3.05, 3.63) is 137 Å². The van der Waals surface area contributed by atoms with Crippen LogP contribution in [0, 0.1) is 11.3 Å². The van der Waals surface area contributed by atoms with Crippen LogP contribution in [0.1, 0.15) is 50.3 Å². The third-order valence-corrected chi connectivity index (χ3v) is 7.41. The lowest BCUT2D eigenvalue weighted by Crippen LogP contribution is -2.35. The van der Waals surface area contributed by atoms with Crippen molar-refractivity contribution in [3.8, 4) is 17.3 Å². The number of pyridine rings is 1. The molecule has 182 valence electrons. The first-order valence-electron chi connectivity index (χ1n) is 12.7. The molecule has 3 heteroatoms. The van der Waals surface area contributed by atoms with Crippen LogP contribution in [0.15, 0.2) is 121 Å². The van der Waals surface area contributed by atoms with Gasteiger partial charge >= 0.3 is 0 Å². The number of aromatic nitrogens is 1. The van der Waals surface area contributed by atoms with Crippen molar-refractivity contribution >= 4 is 11.3 Å². The summed E-state index contributed by atoms with van der Waals surface area (Å²) in [7, 11) is 0. The smallest absolute Gasteiger partial charge is 0.101 e. The van der Waals surface area contributed by atoms with Gasteiger partial charge in [0.2, 0.25) is 0 Å². The third-order valence-electron chi connectivity index (χ3n) is 7.41. The number of fused-ring (bicyclic) bond motifs is 1. The number of nitriles is 1. The maximum Gasteiger partial charge on any atom is 0.101 e. The first kappa shape index (κ1) is 24.3. The number of allylic oxidation sites excluding steroid dienone is 9. The predicted molar refractivity (Wildman–Crippen MR) is 154 cm³/mol. The summed E-state index contributed by atoms with van der Waals surface area (Å²) in [5, 5.41) is 9.70. The molecule has 0 atom stereocenters. The second-order valence-electron chi connectivity index (χ2n) is 9.96. The lowest BCUT2D eigenvalue weighted by molar-refractivity contribution is 0.612. The van der Waals surface area contributed by atoms with E-state index < -0.39 is 0 Å². The summed E-state index contributed by atoms with van der Waals surface area (Å²) in [6, 6.07) is 22.9. The van der Waals surface area contributed by atoms with Crippen LogP contribution in [0.25, 0.3) is 16.8 Å². The minimum absolute atomic E-state index is 0.121. The molecular formula is C34H31N3. The largest absolute Gasteiger partial charge is 0.318 e. The SMILES string of the molecule is C=C/C=C\C1=C(C)N(C2=CC(c3ccccc3-c3ncccc3C#N)=CCC2)c2ccccc2C1(C)C. The number of anilines is 1. The molecule has 1 aromatic heterocycles. The molecule has 37 heavy (non-hydrogen) atoms. The molecule has 0 bridgehead atoms. The Morgan fingerprint density at radius 3 is 2.57 bits per heavy atom. The van der Waals surface area contributed by atoms with Crippen LogP contribution in [0.2, 0.25) is 0 Å². The van der Waals surface area contributed by atoms with Crippen molar-refractivity contribution in [3.63, 3.8) is 0 Å². The molecule has 3 nitrogen and oxygen atoms in total. The summed E-state index contributed by atoms with van der Waals surface area (Å²) >= 11 is 0. The Labute approximate surface area is 220 Å². The standard InChI is InChI=1S/C34H31N3/c1-5-6-18-30-24(2)37(32-20-10-9-19-31(32)34(30,3)4)27-15-11-13-25(22-27)28-16-7-8-17-29(28)33-26(23-35)14-12-21-36-33/h5-10,12-14,16-22H,1,11,15H2,2-4H3/b18-6-. The third kappa shape index (κ3) is 4.26. The summed E-state index contributed by atoms with van der Waals surface area (Å²) in [5.74, 6) is 0. The Morgan fingerprint density at radius 1 is 1.03 bits per heavy atom. The molecule has 0 N–H and O–H groups in total. The van der Waals surface area contributed by atoms with Crippen LogP contribution < -0.4 is 4.90 Å². The Hall–Kier alpha value is -4.42. The molecule has 0 amide bonds. The number of rotatable bonds is 5. The average Bonchev–Trinajstić information content (AvgIpc) is 2.93. The van der Waals surface area contributed by atoms with E-state index in [9.17, 15) is 5.26 Å². The topological polar surface area (TPSA) is 39.9 Å². The van der Waals surface area contributed by atoms with Gasteiger partial charge in [0.15, 0.2) is 0 Å². The van der Waals surface area contributed by atoms with Crippen LogP contribution >= 0.6 is 0 Å². The molecule has 0 radical (unpaired) electrons. The van der Waals surface area contributed by atoms with Gasteiger partial charge in [-0.05, 0) is 66.3 Å². The van der Waals surface area contributed by atoms with Gasteiger partial charge in [-0.15, -0.1) is 0 Å². The minimum atomic E-state index is -0.121. The van der Waals surface area contributed by atoms with Gasteiger partial charge in [-0.25, -0.2) is 0 Å². The van der Waals surface area contributed by atoms with E-state index in [0.717, 1.165) is 35.2 Å². The fraction of sp³-hybridized carbons (Fsp3) is 0.176. The molecule has 0 spiro atoms. The average molecular weight is 482 g/mol. The Bertz CT molecular complexity index is 1540. The molecule has 1 aliphatic carbocycles. The number of para-hydroxylation sites is 1. The van der Waals surface area contributed by atoms with Crippen molar-refractivity contribution in [2.75, 3.05) is 4.90 Å². The fourth-order valence-electron chi connectivity index (χ4n) is 5.66. The summed E-state index contributed by atoms with van der Waals surface area (Å²) in [4.78, 5) is 7.01. The Balaban J connectivity index is 1.66. The zero-order valence-corrected chi connectivity index (χ0v) is 21.7. The molecular weight excluding hydrogens is 450 g/mol. The van der Waals surface area contributed by atoms with E-state index in [2.05, 4.69) is 104 Å². The minimum Gasteiger partial charge on any atom is -0.318 e. The van der Waals surface area contributed by atoms with E-state index in [1.165, 1.54) is 28.2 Å². The second kappa shape index (κ2) is 9.91. The maximum absolute atomic E-state index is 9.70. The summed E-state index contributed by atoms with van der Waals surface area (Å²) in [6.07, 6.45) is 14.3. The molecule has 0 saturated heterocycles. The highest BCUT2D eigenvalue weighted by Gasteiger charge is 2.36. The Kier molecular flexibility index (Phi) is 6.51. The van der Waals surface area contributed by atoms with Crippen LogP contribution in [0.4, 0.5) is 5.69 Å². The van der Waals surface area contributed by atoms with E-state index in [-0.39, 0.29) is 5.41 Å². The molecule has 5 rings (SSSR count). The molecule has 0 fully saturated rings. The van der Waals surface area contributed by atoms with Crippen molar-refractivity contribution in [1.82, 2.24) is 4.98 Å². The fourth-order valence-corrected chi connectivity index (χ4v) is 5.66. The maximum atomic E-state index is 9.70. The molecule has 0 saturated carbocycles. The lowest BCUT2D eigenvalue weighted by atomic mass is 9.73. The van der Waals surface area contributed by atoms with Crippen LogP contribution in [0.3, 0.4) is 0 Å². The molecule has 2 aromatic carbocycles. The van der Waals surface area contributed by atoms with Gasteiger partial charge in [0.1, 0.15) is 6.07 Å². The number of hydrogen-bond acceptors (Lipinski definition) is 3. The molecule has 1 aliphatic heterocycles. The molecule has 3 aromatic rings. The van der Waals surface area contributed by atoms with Gasteiger partial charge in [0.05, 0.1) is 11.3 Å². The van der Waals surface area contributed by atoms with Gasteiger partial charge < -0.3 is 4.90 Å². The van der Waals surface area contributed by atoms with Crippen LogP contribution in [-0.4, -0.2) is 4.98 Å². The first-order chi connectivity index (χ1) is 18.0. The summed E-state index contributed by atoms with van der Waals surface area (Å²) < 4.78 is 0. The Morgan fingerprint density at radius 2 is 1.78 bits per heavy atom. The highest BCUT2D eigenvalue weighted by atomic mass is 15.2. The van der Waals surface area contributed by atoms with E-state index in [1.807, 2.05) is 30.4 Å². The van der Waals surface area contributed by atoms with E-state index in [0.29, 0.717) is 5.56 Å². The highest BCUT2D eigenvalue weighted by molar-refractivity contribution is 5.88. The molecule has 0 unspecified atom stereocenters. The quantitative estimate of drug-likeness (QED) is 0.343. The lowest BCUT2D eigenvalue weighted by Gasteiger charge is -2.43. The zero-order valence-electron chi connectivity index (χ0n) is 21.7. The molecule has 2 aliphatic rings. The summed E-state index contributed by atoms with van der Waals surface area (Å²) in [5.41, 5.74) is 10.7. The van der Waals surface area contributed by atoms with Crippen LogP contribution in [-0.2, 0) is 5.41 Å². The monoisotopic (exact) mass is 481 g/mol. The van der Waals surface area contributed by atoms with E-state index in [1.54, 1.807) is 6.20 Å². The van der Waals surface area contributed by atoms with Crippen LogP contribution in [0.5, 0.6) is 0 Å². The van der Waals surface area contributed by atoms with Crippen molar-refractivity contribution in [1.29, 1.82) is 5.26 Å². The molecule has 2 heterocycles. The first-order valence-corrected chi connectivity index (χ1v) is 12.7. The zero-order chi connectivity index (χ0) is 26.0. The van der Waals surface area contributed by atoms with E-state index in [4.69, 9.17) is 0 Å². The van der Waals surface area contributed by atoms with Crippen molar-refractivity contribution in [2.24, 2.45) is 0 Å². The number of benzene rings is 2. The van der Waals surface area contributed by atoms with Gasteiger partial charge in [0.25, 0.3) is 0 Å². The van der Waals surface area contributed by atoms with Gasteiger partial charge in [0, 0.05) is 34.3 Å². The van der Waals surface area contributed by atoms with Gasteiger partial charge in [-0.3, -0.25) is 4.98 Å². The van der Waals surface area contributed by atoms with Crippen molar-refractivity contribution < 1.29 is 0 Å². The van der Waals surface area contributed by atoms with Crippen molar-refractivity contribution in [2.45, 2.75) is 39.0 Å². The van der Waals surface area contributed by atoms with Gasteiger partial charge in [-0.1, -0.05) is 87.2 Å². The van der Waals surface area contributed by atoms with Gasteiger partial charge in [-0.2, -0.15) is 5.26 Å². The number of hydrogen-bond donors (Lipinski definition) is 0. The predicted octanol–water partition coefficient (Wildman–Crippen LogP) is 8.50. The number of nitrogens with zero attached hydrogens (tertiary/aromatic N) is 3. The second-order valence-corrected chi connectivity index (χ2v) is 9.96. The highest BCUT2D eigenvalue weighted by Crippen LogP contribution is 2.48. The van der Waals surface area contributed by atoms with E-state index >= 15 is 0 Å².